The Labute approximate surface area is 132 Å². The molecule has 0 atom stereocenters. The van der Waals surface area contributed by atoms with Gasteiger partial charge in [0, 0.05) is 12.3 Å². The number of carbonyl (C=O) groups excluding carboxylic acids is 1. The molecule has 0 aliphatic heterocycles. The first-order valence-corrected chi connectivity index (χ1v) is 7.23. The van der Waals surface area contributed by atoms with Gasteiger partial charge in [-0.05, 0) is 26.8 Å². The van der Waals surface area contributed by atoms with Crippen LogP contribution in [0.5, 0.6) is 0 Å². The van der Waals surface area contributed by atoms with Gasteiger partial charge in [0.25, 0.3) is 11.6 Å². The fraction of sp³-hybridized carbons (Fsp3) is 0.333. The highest BCUT2D eigenvalue weighted by Crippen LogP contribution is 2.22. The van der Waals surface area contributed by atoms with E-state index >= 15 is 0 Å². The zero-order valence-corrected chi connectivity index (χ0v) is 13.2. The van der Waals surface area contributed by atoms with Crippen molar-refractivity contribution < 1.29 is 14.1 Å². The number of nitrogens with zero attached hydrogens (tertiary/aromatic N) is 4. The molecule has 0 aliphatic rings. The first-order chi connectivity index (χ1) is 11.1. The zero-order chi connectivity index (χ0) is 16.4. The number of aromatic nitrogens is 4. The van der Waals surface area contributed by atoms with Crippen LogP contribution in [0, 0.1) is 13.8 Å². The van der Waals surface area contributed by atoms with Gasteiger partial charge in [-0.1, -0.05) is 5.16 Å². The number of rotatable bonds is 5. The molecule has 0 aliphatic carbocycles. The van der Waals surface area contributed by atoms with Crippen molar-refractivity contribution in [2.24, 2.45) is 0 Å². The summed E-state index contributed by atoms with van der Waals surface area (Å²) in [6, 6.07) is 1.71. The van der Waals surface area contributed by atoms with Gasteiger partial charge in [0.15, 0.2) is 0 Å². The summed E-state index contributed by atoms with van der Waals surface area (Å²) < 4.78 is 12.0. The van der Waals surface area contributed by atoms with E-state index in [1.807, 2.05) is 6.92 Å². The summed E-state index contributed by atoms with van der Waals surface area (Å²) in [6.07, 6.45) is 3.28. The maximum atomic E-state index is 12.6. The molecule has 0 unspecified atom stereocenters. The lowest BCUT2D eigenvalue weighted by Gasteiger charge is -2.05. The van der Waals surface area contributed by atoms with Crippen molar-refractivity contribution >= 4 is 22.7 Å². The highest BCUT2D eigenvalue weighted by atomic mass is 16.5. The normalized spacial score (nSPS) is 11.1. The third-order valence-electron chi connectivity index (χ3n) is 3.31. The number of hydrogen-bond donors (Lipinski definition) is 1. The summed E-state index contributed by atoms with van der Waals surface area (Å²) in [6.45, 7) is 6.43. The lowest BCUT2D eigenvalue weighted by atomic mass is 10.1. The van der Waals surface area contributed by atoms with E-state index in [9.17, 15) is 4.79 Å². The van der Waals surface area contributed by atoms with E-state index in [0.717, 1.165) is 0 Å². The van der Waals surface area contributed by atoms with E-state index in [2.05, 4.69) is 20.6 Å². The number of anilines is 1. The van der Waals surface area contributed by atoms with Gasteiger partial charge >= 0.3 is 0 Å². The monoisotopic (exact) mass is 315 g/mol. The molecule has 0 saturated heterocycles. The number of aryl methyl sites for hydroxylation is 2. The van der Waals surface area contributed by atoms with Crippen molar-refractivity contribution in [1.82, 2.24) is 19.9 Å². The SMILES string of the molecule is CCOCn1cc(NC(=O)c2cc(C)nc3onc(C)c23)cn1. The molecule has 1 amide bonds. The van der Waals surface area contributed by atoms with E-state index < -0.39 is 0 Å². The molecule has 8 nitrogen and oxygen atoms in total. The van der Waals surface area contributed by atoms with Crippen LogP contribution in [0.4, 0.5) is 5.69 Å². The van der Waals surface area contributed by atoms with Gasteiger partial charge in [-0.3, -0.25) is 4.79 Å². The Morgan fingerprint density at radius 1 is 1.43 bits per heavy atom. The predicted octanol–water partition coefficient (Wildman–Crippen LogP) is 2.28. The van der Waals surface area contributed by atoms with Crippen molar-refractivity contribution in [1.29, 1.82) is 0 Å². The number of carbonyl (C=O) groups is 1. The number of ether oxygens (including phenoxy) is 1. The van der Waals surface area contributed by atoms with Gasteiger partial charge in [-0.2, -0.15) is 5.10 Å². The molecule has 0 aromatic carbocycles. The van der Waals surface area contributed by atoms with E-state index in [0.29, 0.717) is 47.1 Å². The number of fused-ring (bicyclic) bond motifs is 1. The maximum absolute atomic E-state index is 12.6. The molecule has 3 heterocycles. The quantitative estimate of drug-likeness (QED) is 0.776. The minimum Gasteiger partial charge on any atom is -0.360 e. The molecular weight excluding hydrogens is 298 g/mol. The van der Waals surface area contributed by atoms with Crippen molar-refractivity contribution in [3.05, 3.63) is 35.4 Å². The maximum Gasteiger partial charge on any atom is 0.258 e. The molecule has 0 saturated carbocycles. The number of nitrogens with one attached hydrogen (secondary N) is 1. The first-order valence-electron chi connectivity index (χ1n) is 7.23. The van der Waals surface area contributed by atoms with Crippen LogP contribution in [0.15, 0.2) is 23.0 Å². The van der Waals surface area contributed by atoms with Gasteiger partial charge < -0.3 is 14.6 Å². The molecule has 0 fully saturated rings. The van der Waals surface area contributed by atoms with Gasteiger partial charge in [0.1, 0.15) is 6.73 Å². The van der Waals surface area contributed by atoms with Gasteiger partial charge in [-0.15, -0.1) is 0 Å². The van der Waals surface area contributed by atoms with Crippen LogP contribution in [0.3, 0.4) is 0 Å². The Kier molecular flexibility index (Phi) is 4.07. The Hall–Kier alpha value is -2.74. The summed E-state index contributed by atoms with van der Waals surface area (Å²) in [4.78, 5) is 16.8. The van der Waals surface area contributed by atoms with E-state index in [4.69, 9.17) is 9.26 Å². The minimum atomic E-state index is -0.261. The molecule has 8 heteroatoms. The summed E-state index contributed by atoms with van der Waals surface area (Å²) in [5.41, 5.74) is 2.74. The molecule has 0 spiro atoms. The smallest absolute Gasteiger partial charge is 0.258 e. The van der Waals surface area contributed by atoms with Crippen LogP contribution in [0.2, 0.25) is 0 Å². The van der Waals surface area contributed by atoms with Gasteiger partial charge in [-0.25, -0.2) is 9.67 Å². The summed E-state index contributed by atoms with van der Waals surface area (Å²) in [5.74, 6) is -0.261. The number of pyridine rings is 1. The predicted molar refractivity (Wildman–Crippen MR) is 83.1 cm³/mol. The number of hydrogen-bond acceptors (Lipinski definition) is 6. The second-order valence-corrected chi connectivity index (χ2v) is 5.10. The Bertz CT molecular complexity index is 852. The molecule has 120 valence electrons. The van der Waals surface area contributed by atoms with Crippen LogP contribution in [0.25, 0.3) is 11.1 Å². The van der Waals surface area contributed by atoms with Crippen molar-refractivity contribution in [2.45, 2.75) is 27.5 Å². The average molecular weight is 315 g/mol. The third kappa shape index (κ3) is 3.07. The van der Waals surface area contributed by atoms with Crippen LogP contribution in [0.1, 0.15) is 28.7 Å². The third-order valence-corrected chi connectivity index (χ3v) is 3.31. The lowest BCUT2D eigenvalue weighted by molar-refractivity contribution is 0.0792. The standard InChI is InChI=1S/C15H17N5O3/c1-4-22-8-20-7-11(6-16-20)18-14(21)12-5-9(2)17-15-13(12)10(3)19-23-15/h5-7H,4,8H2,1-3H3,(H,18,21). The van der Waals surface area contributed by atoms with Crippen LogP contribution >= 0.6 is 0 Å². The van der Waals surface area contributed by atoms with Crippen molar-refractivity contribution in [3.63, 3.8) is 0 Å². The molecule has 0 bridgehead atoms. The van der Waals surface area contributed by atoms with Crippen LogP contribution in [-0.4, -0.2) is 32.4 Å². The Morgan fingerprint density at radius 2 is 2.26 bits per heavy atom. The van der Waals surface area contributed by atoms with Gasteiger partial charge in [0.2, 0.25) is 0 Å². The van der Waals surface area contributed by atoms with Crippen molar-refractivity contribution in [3.8, 4) is 0 Å². The van der Waals surface area contributed by atoms with E-state index in [1.165, 1.54) is 0 Å². The largest absolute Gasteiger partial charge is 0.360 e. The highest BCUT2D eigenvalue weighted by molar-refractivity contribution is 6.12. The topological polar surface area (TPSA) is 95.1 Å². The lowest BCUT2D eigenvalue weighted by Crippen LogP contribution is -2.13. The van der Waals surface area contributed by atoms with E-state index in [-0.39, 0.29) is 5.91 Å². The van der Waals surface area contributed by atoms with Crippen LogP contribution in [-0.2, 0) is 11.5 Å². The molecule has 23 heavy (non-hydrogen) atoms. The second-order valence-electron chi connectivity index (χ2n) is 5.10. The van der Waals surface area contributed by atoms with Gasteiger partial charge in [0.05, 0.1) is 34.7 Å². The molecular formula is C15H17N5O3. The van der Waals surface area contributed by atoms with Crippen LogP contribution < -0.4 is 5.32 Å². The van der Waals surface area contributed by atoms with Crippen molar-refractivity contribution in [2.75, 3.05) is 11.9 Å². The minimum absolute atomic E-state index is 0.261. The second kappa shape index (κ2) is 6.17. The zero-order valence-electron chi connectivity index (χ0n) is 13.2. The summed E-state index contributed by atoms with van der Waals surface area (Å²) in [5, 5.41) is 11.4. The molecule has 3 aromatic rings. The molecule has 0 radical (unpaired) electrons. The highest BCUT2D eigenvalue weighted by Gasteiger charge is 2.18. The summed E-state index contributed by atoms with van der Waals surface area (Å²) >= 11 is 0. The van der Waals surface area contributed by atoms with E-state index in [1.54, 1.807) is 37.0 Å². The fourth-order valence-electron chi connectivity index (χ4n) is 2.28. The molecule has 3 rings (SSSR count). The molecule has 1 N–H and O–H groups in total. The molecule has 3 aromatic heterocycles. The summed E-state index contributed by atoms with van der Waals surface area (Å²) in [7, 11) is 0. The number of amides is 1. The average Bonchev–Trinajstić information content (AvgIpc) is 3.11. The Morgan fingerprint density at radius 3 is 3.04 bits per heavy atom. The Balaban J connectivity index is 1.86. The first kappa shape index (κ1) is 15.2. The fourth-order valence-corrected chi connectivity index (χ4v) is 2.28.